The Labute approximate surface area is 388 Å². The molecular weight excluding hydrogens is 1380 g/mol. The van der Waals surface area contributed by atoms with Gasteiger partial charge in [0.1, 0.15) is 21.9 Å². The zero-order valence-electron chi connectivity index (χ0n) is 26.4. The molecule has 0 aliphatic heterocycles. The van der Waals surface area contributed by atoms with E-state index in [0.29, 0.717) is 53.8 Å². The summed E-state index contributed by atoms with van der Waals surface area (Å²) in [5.41, 5.74) is 8.07. The Morgan fingerprint density at radius 2 is 1.27 bits per heavy atom. The molecule has 280 valence electrons. The van der Waals surface area contributed by atoms with Gasteiger partial charge in [0.15, 0.2) is 9.60 Å². The summed E-state index contributed by atoms with van der Waals surface area (Å²) in [6, 6.07) is 17.7. The van der Waals surface area contributed by atoms with Crippen LogP contribution in [0.25, 0.3) is 21.8 Å². The minimum Gasteiger partial charge on any atom is -0.232 e. The molecule has 4 aromatic heterocycles. The molecule has 52 heavy (non-hydrogen) atoms. The fourth-order valence-corrected chi connectivity index (χ4v) is 5.81. The van der Waals surface area contributed by atoms with Crippen molar-refractivity contribution in [1.82, 2.24) is 19.9 Å². The molecule has 10 nitrogen and oxygen atoms in total. The first-order valence-corrected chi connectivity index (χ1v) is 35.1. The van der Waals surface area contributed by atoms with E-state index in [9.17, 15) is 9.59 Å². The third kappa shape index (κ3) is 17.0. The van der Waals surface area contributed by atoms with Crippen molar-refractivity contribution in [3.63, 3.8) is 0 Å². The number of thiazole rings is 2. The smallest absolute Gasteiger partial charge is 0.184 e. The topological polar surface area (TPSA) is 177 Å². The van der Waals surface area contributed by atoms with Crippen LogP contribution in [-0.2, 0) is 0 Å². The molecule has 0 spiro atoms. The van der Waals surface area contributed by atoms with Gasteiger partial charge in [-0.2, -0.15) is 24.0 Å². The summed E-state index contributed by atoms with van der Waals surface area (Å²) in [5.74, 6) is 0. The molecule has 4 heterocycles. The molecular formula is C30H26Cl4I5N8O2S3-. The molecule has 0 unspecified atom stereocenters. The van der Waals surface area contributed by atoms with E-state index < -0.39 is 0 Å². The van der Waals surface area contributed by atoms with Crippen LogP contribution in [0.3, 0.4) is 0 Å². The van der Waals surface area contributed by atoms with Gasteiger partial charge in [-0.05, 0) is 62.4 Å². The number of nitrogens with zero attached hydrogens (tertiary/aromatic N) is 4. The molecule has 0 bridgehead atoms. The van der Waals surface area contributed by atoms with Gasteiger partial charge in [0.05, 0.1) is 18.4 Å². The quantitative estimate of drug-likeness (QED) is 0.127. The van der Waals surface area contributed by atoms with Crippen LogP contribution in [0.2, 0.25) is 14.5 Å². The fraction of sp³-hybridized carbons (Fsp3) is 0.133. The van der Waals surface area contributed by atoms with Gasteiger partial charge in [0.25, 0.3) is 11.1 Å². The van der Waals surface area contributed by atoms with Gasteiger partial charge in [-0.15, -0.1) is 12.4 Å². The second-order valence-corrected chi connectivity index (χ2v) is 29.3. The van der Waals surface area contributed by atoms with Crippen molar-refractivity contribution in [1.29, 1.82) is 10.5 Å². The maximum atomic E-state index is 12.2. The Kier molecular flexibility index (Phi) is 27.6. The Morgan fingerprint density at radius 3 is 1.67 bits per heavy atom. The molecule has 2 atom stereocenters. The number of rotatable bonds is 4. The van der Waals surface area contributed by atoms with Crippen molar-refractivity contribution >= 4 is 185 Å². The molecule has 0 amide bonds. The summed E-state index contributed by atoms with van der Waals surface area (Å²) in [6.07, 6.45) is 2.96. The predicted octanol–water partition coefficient (Wildman–Crippen LogP) is 8.63. The van der Waals surface area contributed by atoms with E-state index in [4.69, 9.17) is 51.1 Å². The van der Waals surface area contributed by atoms with E-state index in [0.717, 1.165) is 21.8 Å². The number of aromatic amines is 2. The molecule has 0 aliphatic rings. The average Bonchev–Trinajstić information content (AvgIpc) is 3.74. The van der Waals surface area contributed by atoms with Crippen LogP contribution >= 0.6 is 158 Å². The maximum Gasteiger partial charge on any atom is 0.184 e. The minimum atomic E-state index is -0.280. The summed E-state index contributed by atoms with van der Waals surface area (Å²) >= 11 is 29.2. The van der Waals surface area contributed by atoms with E-state index in [2.05, 4.69) is 99.7 Å². The standard InChI is InChI=1S/C15H11ClN4OS.C11H11ClN2O.C4HClN2S.ClH.I3.I2.H2S/c1-8(19-15-18-7-11(6-17)22-15)12-5-9-4-10(16)2-3-13(9)20-14(12)21;1-6(13)9-5-7-4-8(12)2-3-10(7)14-11(9)15;5-4-7-2-3(1-6)8-4;;1-3-2;1-2;/h2-5,7-8H,1H3,(H,18,19)(H,20,21);2-6H,13H2,1H3,(H,14,15);2H;1H;;;1H2/q;;;;-1;;/t8-;6-;;;;;/m00...../s1. The monoisotopic (exact) mass is 1400 g/mol. The van der Waals surface area contributed by atoms with Crippen LogP contribution in [0.15, 0.2) is 70.5 Å². The summed E-state index contributed by atoms with van der Waals surface area (Å²) < 4.78 is 0.418. The second kappa shape index (κ2) is 27.6. The van der Waals surface area contributed by atoms with Crippen molar-refractivity contribution in [3.05, 3.63) is 117 Å². The minimum absolute atomic E-state index is 0. The number of nitrogens with one attached hydrogen (secondary N) is 3. The van der Waals surface area contributed by atoms with Crippen LogP contribution < -0.4 is 35.4 Å². The molecule has 6 aromatic rings. The predicted molar refractivity (Wildman–Crippen MR) is 256 cm³/mol. The van der Waals surface area contributed by atoms with Crippen molar-refractivity contribution < 1.29 is 13.3 Å². The van der Waals surface area contributed by atoms with Crippen molar-refractivity contribution in [2.75, 3.05) is 5.32 Å². The Hall–Kier alpha value is 0.0200. The average molecular weight is 1400 g/mol. The van der Waals surface area contributed by atoms with E-state index in [-0.39, 0.29) is 49.1 Å². The Morgan fingerprint density at radius 1 is 0.827 bits per heavy atom. The summed E-state index contributed by atoms with van der Waals surface area (Å²) in [7, 11) is 0. The van der Waals surface area contributed by atoms with Crippen LogP contribution in [0, 0.1) is 22.7 Å². The van der Waals surface area contributed by atoms with E-state index in [1.54, 1.807) is 49.4 Å². The molecule has 0 saturated heterocycles. The molecule has 0 aliphatic carbocycles. The third-order valence-corrected chi connectivity index (χ3v) is 8.49. The summed E-state index contributed by atoms with van der Waals surface area (Å²) in [5, 5.41) is 23.8. The number of anilines is 1. The maximum absolute atomic E-state index is 12.2. The number of fused-ring (bicyclic) bond motifs is 2. The largest absolute Gasteiger partial charge is 0.232 e. The van der Waals surface area contributed by atoms with Crippen molar-refractivity contribution in [2.24, 2.45) is 5.73 Å². The van der Waals surface area contributed by atoms with Gasteiger partial charge >= 0.3 is 50.5 Å². The number of pyridine rings is 2. The SMILES string of the molecule is C[C@H](N)c1cc2cc(Cl)ccc2[nH]c1=O.C[C@H](Nc1ncc(C#N)s1)c1cc2cc(Cl)ccc2[nH]c1=O.Cl.II.I[I-]I.N#Cc1cnc(Cl)s1.S. The summed E-state index contributed by atoms with van der Waals surface area (Å²) in [6.45, 7) is 3.65. The van der Waals surface area contributed by atoms with Gasteiger partial charge in [-0.25, -0.2) is 9.97 Å². The number of halogens is 9. The zero-order valence-corrected chi connectivity index (χ0v) is 42.9. The normalized spacial score (nSPS) is 10.7. The van der Waals surface area contributed by atoms with E-state index >= 15 is 0 Å². The van der Waals surface area contributed by atoms with Gasteiger partial charge in [0.2, 0.25) is 0 Å². The molecule has 0 radical (unpaired) electrons. The number of aromatic nitrogens is 4. The number of nitrogens with two attached hydrogens (primary N) is 1. The van der Waals surface area contributed by atoms with Gasteiger partial charge in [0, 0.05) is 86.3 Å². The van der Waals surface area contributed by atoms with Crippen LogP contribution in [0.4, 0.5) is 5.13 Å². The van der Waals surface area contributed by atoms with Crippen LogP contribution in [0.1, 0.15) is 46.8 Å². The van der Waals surface area contributed by atoms with E-state index in [1.165, 1.54) is 35.1 Å². The fourth-order valence-electron chi connectivity index (χ4n) is 4.01. The first-order chi connectivity index (χ1) is 23.9. The second-order valence-electron chi connectivity index (χ2n) is 9.51. The molecule has 6 rings (SSSR count). The van der Waals surface area contributed by atoms with Gasteiger partial charge < -0.3 is 21.0 Å². The zero-order chi connectivity index (χ0) is 37.4. The van der Waals surface area contributed by atoms with Crippen molar-refractivity contribution in [2.45, 2.75) is 25.9 Å². The number of nitriles is 2. The van der Waals surface area contributed by atoms with E-state index in [1.807, 2.05) is 25.1 Å². The van der Waals surface area contributed by atoms with Crippen molar-refractivity contribution in [3.8, 4) is 12.1 Å². The van der Waals surface area contributed by atoms with Gasteiger partial charge in [-0.1, -0.05) is 57.5 Å². The Balaban J connectivity index is 0.000000752. The van der Waals surface area contributed by atoms with Gasteiger partial charge in [-0.3, -0.25) is 9.59 Å². The number of benzene rings is 2. The Bertz CT molecular complexity index is 2230. The van der Waals surface area contributed by atoms with Crippen LogP contribution in [0.5, 0.6) is 0 Å². The first kappa shape index (κ1) is 52.0. The first-order valence-electron chi connectivity index (χ1n) is 13.4. The third-order valence-electron chi connectivity index (χ3n) is 6.17. The number of H-pyrrole nitrogens is 2. The van der Waals surface area contributed by atoms with Crippen LogP contribution in [-0.4, -0.2) is 19.9 Å². The molecule has 0 saturated carbocycles. The number of hydrogen-bond donors (Lipinski definition) is 4. The molecule has 2 aromatic carbocycles. The molecule has 0 fully saturated rings. The summed E-state index contributed by atoms with van der Waals surface area (Å²) in [4.78, 5) is 38.3. The molecule has 22 heteroatoms. The molecule has 5 N–H and O–H groups in total. The number of hydrogen-bond acceptors (Lipinski definition) is 10.